The minimum Gasteiger partial charge on any atom is -0.362 e. The van der Waals surface area contributed by atoms with E-state index < -0.39 is 0 Å². The van der Waals surface area contributed by atoms with Crippen molar-refractivity contribution in [2.24, 2.45) is 5.92 Å². The van der Waals surface area contributed by atoms with Crippen molar-refractivity contribution in [1.82, 2.24) is 9.97 Å². The smallest absolute Gasteiger partial charge is 0.137 e. The van der Waals surface area contributed by atoms with E-state index in [9.17, 15) is 0 Å². The standard InChI is InChI=1S/C13H16ClN3S/c1-8(2)11(10-5-4-6-18-10)17-13-9(3)12(14)15-7-16-13/h4-8,11H,1-3H3,(H,15,16,17). The molecule has 2 aromatic rings. The lowest BCUT2D eigenvalue weighted by Gasteiger charge is -2.22. The first-order chi connectivity index (χ1) is 8.59. The second kappa shape index (κ2) is 5.67. The summed E-state index contributed by atoms with van der Waals surface area (Å²) < 4.78 is 0. The number of nitrogens with one attached hydrogen (secondary N) is 1. The summed E-state index contributed by atoms with van der Waals surface area (Å²) in [5, 5.41) is 6.06. The van der Waals surface area contributed by atoms with Gasteiger partial charge in [0.15, 0.2) is 0 Å². The lowest BCUT2D eigenvalue weighted by atomic mass is 10.0. The molecule has 1 unspecified atom stereocenters. The van der Waals surface area contributed by atoms with Crippen molar-refractivity contribution in [3.05, 3.63) is 39.4 Å². The van der Waals surface area contributed by atoms with Crippen LogP contribution in [0.15, 0.2) is 23.8 Å². The van der Waals surface area contributed by atoms with E-state index in [1.807, 2.05) is 6.92 Å². The number of hydrogen-bond acceptors (Lipinski definition) is 4. The molecule has 1 atom stereocenters. The van der Waals surface area contributed by atoms with Crippen LogP contribution in [0.1, 0.15) is 30.3 Å². The highest BCUT2D eigenvalue weighted by atomic mass is 35.5. The van der Waals surface area contributed by atoms with Gasteiger partial charge in [0, 0.05) is 10.4 Å². The lowest BCUT2D eigenvalue weighted by Crippen LogP contribution is -2.17. The molecule has 3 nitrogen and oxygen atoms in total. The Kier molecular flexibility index (Phi) is 4.19. The Morgan fingerprint density at radius 3 is 2.72 bits per heavy atom. The topological polar surface area (TPSA) is 37.8 Å². The zero-order valence-corrected chi connectivity index (χ0v) is 12.2. The van der Waals surface area contributed by atoms with Crippen LogP contribution in [0.25, 0.3) is 0 Å². The number of rotatable bonds is 4. The Morgan fingerprint density at radius 2 is 2.11 bits per heavy atom. The Hall–Kier alpha value is -1.13. The minimum atomic E-state index is 0.245. The first-order valence-electron chi connectivity index (χ1n) is 5.86. The van der Waals surface area contributed by atoms with Gasteiger partial charge in [-0.3, -0.25) is 0 Å². The summed E-state index contributed by atoms with van der Waals surface area (Å²) in [5.41, 5.74) is 0.890. The van der Waals surface area contributed by atoms with E-state index in [0.717, 1.165) is 11.4 Å². The SMILES string of the molecule is Cc1c(Cl)ncnc1NC(c1cccs1)C(C)C. The molecular formula is C13H16ClN3S. The quantitative estimate of drug-likeness (QED) is 0.849. The van der Waals surface area contributed by atoms with Gasteiger partial charge in [-0.1, -0.05) is 31.5 Å². The van der Waals surface area contributed by atoms with Crippen LogP contribution in [0.4, 0.5) is 5.82 Å². The van der Waals surface area contributed by atoms with Crippen LogP contribution in [-0.2, 0) is 0 Å². The molecule has 0 radical (unpaired) electrons. The predicted octanol–water partition coefficient (Wildman–Crippen LogP) is 4.31. The maximum Gasteiger partial charge on any atom is 0.137 e. The van der Waals surface area contributed by atoms with Gasteiger partial charge in [-0.15, -0.1) is 11.3 Å². The molecule has 0 aliphatic heterocycles. The third kappa shape index (κ3) is 2.82. The van der Waals surface area contributed by atoms with Gasteiger partial charge in [0.25, 0.3) is 0 Å². The van der Waals surface area contributed by atoms with Crippen LogP contribution in [-0.4, -0.2) is 9.97 Å². The molecule has 0 aliphatic carbocycles. The number of aromatic nitrogens is 2. The summed E-state index contributed by atoms with van der Waals surface area (Å²) in [5.74, 6) is 1.28. The molecular weight excluding hydrogens is 266 g/mol. The van der Waals surface area contributed by atoms with Crippen LogP contribution < -0.4 is 5.32 Å². The maximum absolute atomic E-state index is 6.01. The molecule has 2 aromatic heterocycles. The second-order valence-corrected chi connectivity index (χ2v) is 5.86. The van der Waals surface area contributed by atoms with Crippen molar-refractivity contribution in [1.29, 1.82) is 0 Å². The molecule has 0 saturated heterocycles. The lowest BCUT2D eigenvalue weighted by molar-refractivity contribution is 0.551. The molecule has 0 spiro atoms. The zero-order valence-electron chi connectivity index (χ0n) is 10.6. The molecule has 0 saturated carbocycles. The average molecular weight is 282 g/mol. The van der Waals surface area contributed by atoms with Crippen molar-refractivity contribution >= 4 is 28.8 Å². The van der Waals surface area contributed by atoms with Gasteiger partial charge in [0.05, 0.1) is 6.04 Å². The van der Waals surface area contributed by atoms with E-state index in [-0.39, 0.29) is 6.04 Å². The number of halogens is 1. The van der Waals surface area contributed by atoms with Crippen molar-refractivity contribution in [2.75, 3.05) is 5.32 Å². The fraction of sp³-hybridized carbons (Fsp3) is 0.385. The largest absolute Gasteiger partial charge is 0.362 e. The monoisotopic (exact) mass is 281 g/mol. The third-order valence-corrected chi connectivity index (χ3v) is 4.17. The number of anilines is 1. The second-order valence-electron chi connectivity index (χ2n) is 4.52. The molecule has 0 bridgehead atoms. The molecule has 2 rings (SSSR count). The van der Waals surface area contributed by atoms with Crippen LogP contribution >= 0.6 is 22.9 Å². The fourth-order valence-electron chi connectivity index (χ4n) is 1.76. The molecule has 2 heterocycles. The van der Waals surface area contributed by atoms with Crippen LogP contribution in [0.3, 0.4) is 0 Å². The van der Waals surface area contributed by atoms with E-state index in [1.165, 1.54) is 11.2 Å². The van der Waals surface area contributed by atoms with Crippen molar-refractivity contribution in [3.8, 4) is 0 Å². The van der Waals surface area contributed by atoms with Crippen LogP contribution in [0.2, 0.25) is 5.15 Å². The molecule has 0 amide bonds. The first kappa shape index (κ1) is 13.3. The van der Waals surface area contributed by atoms with Crippen molar-refractivity contribution < 1.29 is 0 Å². The first-order valence-corrected chi connectivity index (χ1v) is 7.12. The van der Waals surface area contributed by atoms with Gasteiger partial charge in [0.2, 0.25) is 0 Å². The summed E-state index contributed by atoms with van der Waals surface area (Å²) in [6.45, 7) is 6.31. The summed E-state index contributed by atoms with van der Waals surface area (Å²) in [4.78, 5) is 9.55. The number of hydrogen-bond donors (Lipinski definition) is 1. The van der Waals surface area contributed by atoms with Gasteiger partial charge >= 0.3 is 0 Å². The Labute approximate surface area is 116 Å². The van der Waals surface area contributed by atoms with Gasteiger partial charge in [-0.2, -0.15) is 0 Å². The van der Waals surface area contributed by atoms with Gasteiger partial charge < -0.3 is 5.32 Å². The highest BCUT2D eigenvalue weighted by Gasteiger charge is 2.18. The average Bonchev–Trinajstić information content (AvgIpc) is 2.84. The molecule has 1 N–H and O–H groups in total. The summed E-state index contributed by atoms with van der Waals surface area (Å²) >= 11 is 7.76. The van der Waals surface area contributed by atoms with Crippen LogP contribution in [0, 0.1) is 12.8 Å². The van der Waals surface area contributed by atoms with E-state index in [1.54, 1.807) is 11.3 Å². The third-order valence-electron chi connectivity index (χ3n) is 2.83. The molecule has 0 aromatic carbocycles. The predicted molar refractivity (Wildman–Crippen MR) is 77.3 cm³/mol. The summed E-state index contributed by atoms with van der Waals surface area (Å²) in [6, 6.07) is 4.45. The minimum absolute atomic E-state index is 0.245. The summed E-state index contributed by atoms with van der Waals surface area (Å²) in [7, 11) is 0. The number of nitrogens with zero attached hydrogens (tertiary/aromatic N) is 2. The van der Waals surface area contributed by atoms with Crippen molar-refractivity contribution in [3.63, 3.8) is 0 Å². The zero-order chi connectivity index (χ0) is 13.1. The highest BCUT2D eigenvalue weighted by molar-refractivity contribution is 7.10. The molecule has 5 heteroatoms. The molecule has 18 heavy (non-hydrogen) atoms. The normalized spacial score (nSPS) is 12.7. The van der Waals surface area contributed by atoms with E-state index in [2.05, 4.69) is 46.6 Å². The van der Waals surface area contributed by atoms with Crippen LogP contribution in [0.5, 0.6) is 0 Å². The van der Waals surface area contributed by atoms with E-state index >= 15 is 0 Å². The Morgan fingerprint density at radius 1 is 1.33 bits per heavy atom. The molecule has 96 valence electrons. The number of thiophene rings is 1. The Balaban J connectivity index is 2.27. The van der Waals surface area contributed by atoms with Gasteiger partial charge in [-0.25, -0.2) is 9.97 Å². The van der Waals surface area contributed by atoms with Crippen molar-refractivity contribution in [2.45, 2.75) is 26.8 Å². The van der Waals surface area contributed by atoms with Gasteiger partial charge in [0.1, 0.15) is 17.3 Å². The molecule has 0 fully saturated rings. The van der Waals surface area contributed by atoms with E-state index in [4.69, 9.17) is 11.6 Å². The molecule has 0 aliphatic rings. The highest BCUT2D eigenvalue weighted by Crippen LogP contribution is 2.30. The van der Waals surface area contributed by atoms with Gasteiger partial charge in [-0.05, 0) is 24.3 Å². The fourth-order valence-corrected chi connectivity index (χ4v) is 2.84. The van der Waals surface area contributed by atoms with E-state index in [0.29, 0.717) is 11.1 Å². The summed E-state index contributed by atoms with van der Waals surface area (Å²) in [6.07, 6.45) is 1.49. The Bertz CT molecular complexity index is 511. The maximum atomic E-state index is 6.01.